The van der Waals surface area contributed by atoms with Crippen LogP contribution in [0.2, 0.25) is 0 Å². The Labute approximate surface area is 151 Å². The molecule has 2 aliphatic heterocycles. The van der Waals surface area contributed by atoms with E-state index < -0.39 is 18.2 Å². The summed E-state index contributed by atoms with van der Waals surface area (Å²) in [5.74, 6) is -0.347. The van der Waals surface area contributed by atoms with E-state index in [9.17, 15) is 14.7 Å². The zero-order valence-electron chi connectivity index (χ0n) is 14.4. The van der Waals surface area contributed by atoms with E-state index in [1.165, 1.54) is 0 Å². The van der Waals surface area contributed by atoms with E-state index in [0.29, 0.717) is 32.0 Å². The third-order valence-electron chi connectivity index (χ3n) is 4.40. The predicted molar refractivity (Wildman–Crippen MR) is 92.4 cm³/mol. The molecule has 0 spiro atoms. The highest BCUT2D eigenvalue weighted by atomic mass is 16.5. The molecular formula is C18H23N3O5. The summed E-state index contributed by atoms with van der Waals surface area (Å²) >= 11 is 0. The summed E-state index contributed by atoms with van der Waals surface area (Å²) in [6, 6.07) is 4.59. The number of aromatic nitrogens is 1. The van der Waals surface area contributed by atoms with E-state index in [-0.39, 0.29) is 24.8 Å². The van der Waals surface area contributed by atoms with Crippen LogP contribution >= 0.6 is 0 Å². The molecule has 2 aliphatic rings. The Bertz CT molecular complexity index is 645. The number of carbonyl (C=O) groups excluding carboxylic acids is 2. The van der Waals surface area contributed by atoms with Crippen LogP contribution in [0.15, 0.2) is 36.5 Å². The van der Waals surface area contributed by atoms with Crippen molar-refractivity contribution in [1.29, 1.82) is 0 Å². The van der Waals surface area contributed by atoms with Gasteiger partial charge in [-0.25, -0.2) is 0 Å². The highest BCUT2D eigenvalue weighted by Crippen LogP contribution is 2.17. The lowest BCUT2D eigenvalue weighted by Gasteiger charge is -2.33. The van der Waals surface area contributed by atoms with Gasteiger partial charge in [-0.2, -0.15) is 0 Å². The van der Waals surface area contributed by atoms with Crippen LogP contribution in [-0.4, -0.2) is 78.0 Å². The summed E-state index contributed by atoms with van der Waals surface area (Å²) in [5.41, 5.74) is 0.294. The van der Waals surface area contributed by atoms with Crippen molar-refractivity contribution in [2.75, 3.05) is 32.9 Å². The van der Waals surface area contributed by atoms with Gasteiger partial charge in [0.1, 0.15) is 11.8 Å². The zero-order chi connectivity index (χ0) is 18.4. The van der Waals surface area contributed by atoms with Crippen LogP contribution in [0.1, 0.15) is 16.9 Å². The topological polar surface area (TPSA) is 101 Å². The summed E-state index contributed by atoms with van der Waals surface area (Å²) in [5, 5.41) is 12.4. The molecular weight excluding hydrogens is 338 g/mol. The average Bonchev–Trinajstić information content (AvgIpc) is 2.70. The molecule has 0 saturated carbocycles. The largest absolute Gasteiger partial charge is 0.394 e. The summed E-state index contributed by atoms with van der Waals surface area (Å²) in [7, 11) is 0. The Kier molecular flexibility index (Phi) is 6.32. The molecule has 8 heteroatoms. The molecule has 0 aliphatic carbocycles. The average molecular weight is 361 g/mol. The van der Waals surface area contributed by atoms with Crippen molar-refractivity contribution in [2.24, 2.45) is 0 Å². The van der Waals surface area contributed by atoms with Gasteiger partial charge in [-0.3, -0.25) is 14.6 Å². The van der Waals surface area contributed by atoms with Crippen molar-refractivity contribution in [3.8, 4) is 0 Å². The van der Waals surface area contributed by atoms with Gasteiger partial charge < -0.3 is 24.8 Å². The van der Waals surface area contributed by atoms with E-state index >= 15 is 0 Å². The van der Waals surface area contributed by atoms with Crippen LogP contribution in [0, 0.1) is 0 Å². The smallest absolute Gasteiger partial charge is 0.270 e. The third-order valence-corrected chi connectivity index (χ3v) is 4.40. The fourth-order valence-electron chi connectivity index (χ4n) is 2.97. The molecule has 3 heterocycles. The second-order valence-corrected chi connectivity index (χ2v) is 6.19. The summed E-state index contributed by atoms with van der Waals surface area (Å²) in [6.45, 7) is 2.00. The van der Waals surface area contributed by atoms with Gasteiger partial charge in [0.15, 0.2) is 0 Å². The van der Waals surface area contributed by atoms with Crippen LogP contribution in [0.3, 0.4) is 0 Å². The molecule has 1 aromatic heterocycles. The van der Waals surface area contributed by atoms with Gasteiger partial charge in [0.05, 0.1) is 38.4 Å². The van der Waals surface area contributed by atoms with E-state index in [1.807, 2.05) is 0 Å². The van der Waals surface area contributed by atoms with E-state index in [2.05, 4.69) is 10.3 Å². The number of aliphatic hydroxyl groups excluding tert-OH is 1. The lowest BCUT2D eigenvalue weighted by molar-refractivity contribution is -0.139. The number of nitrogens with zero attached hydrogens (tertiary/aromatic N) is 2. The molecule has 0 aromatic carbocycles. The van der Waals surface area contributed by atoms with E-state index in [1.54, 1.807) is 41.4 Å². The Morgan fingerprint density at radius 2 is 2.08 bits per heavy atom. The van der Waals surface area contributed by atoms with E-state index in [4.69, 9.17) is 9.47 Å². The lowest BCUT2D eigenvalue weighted by Crippen LogP contribution is -2.49. The first kappa shape index (κ1) is 18.5. The predicted octanol–water partition coefficient (Wildman–Crippen LogP) is -0.255. The van der Waals surface area contributed by atoms with Crippen LogP contribution in [-0.2, 0) is 14.3 Å². The third kappa shape index (κ3) is 4.66. The first-order valence-corrected chi connectivity index (χ1v) is 8.69. The van der Waals surface area contributed by atoms with Crippen molar-refractivity contribution < 1.29 is 24.2 Å². The molecule has 8 nitrogen and oxygen atoms in total. The fraction of sp³-hybridized carbons (Fsp3) is 0.500. The molecule has 2 N–H and O–H groups in total. The number of hydrogen-bond donors (Lipinski definition) is 2. The first-order chi connectivity index (χ1) is 12.7. The quantitative estimate of drug-likeness (QED) is 0.701. The van der Waals surface area contributed by atoms with Gasteiger partial charge in [0, 0.05) is 19.3 Å². The summed E-state index contributed by atoms with van der Waals surface area (Å²) < 4.78 is 11.0. The maximum absolute atomic E-state index is 12.3. The molecule has 140 valence electrons. The first-order valence-electron chi connectivity index (χ1n) is 8.69. The van der Waals surface area contributed by atoms with Crippen molar-refractivity contribution in [3.63, 3.8) is 0 Å². The maximum Gasteiger partial charge on any atom is 0.270 e. The summed E-state index contributed by atoms with van der Waals surface area (Å²) in [6.07, 6.45) is 4.23. The Morgan fingerprint density at radius 3 is 2.77 bits per heavy atom. The number of nitrogens with one attached hydrogen (secondary N) is 1. The molecule has 1 aromatic rings. The molecule has 1 saturated heterocycles. The SMILES string of the molecule is O=C(N[C@@H]1C=C[C@H](CC(=O)N2CCOCC2)O[C@H]1CO)c1ccccn1. The van der Waals surface area contributed by atoms with Crippen molar-refractivity contribution in [2.45, 2.75) is 24.7 Å². The van der Waals surface area contributed by atoms with Crippen LogP contribution in [0.5, 0.6) is 0 Å². The van der Waals surface area contributed by atoms with Crippen LogP contribution in [0.25, 0.3) is 0 Å². The number of pyridine rings is 1. The second kappa shape index (κ2) is 8.88. The molecule has 0 radical (unpaired) electrons. The molecule has 26 heavy (non-hydrogen) atoms. The van der Waals surface area contributed by atoms with Crippen molar-refractivity contribution in [1.82, 2.24) is 15.2 Å². The summed E-state index contributed by atoms with van der Waals surface area (Å²) in [4.78, 5) is 30.3. The Hall–Kier alpha value is -2.29. The highest BCUT2D eigenvalue weighted by molar-refractivity contribution is 5.92. The standard InChI is InChI=1S/C18H23N3O5/c22-12-16-14(20-18(24)15-3-1-2-6-19-15)5-4-13(26-16)11-17(23)21-7-9-25-10-8-21/h1-6,13-14,16,22H,7-12H2,(H,20,24)/t13-,14-,16+/m1/s1. The highest BCUT2D eigenvalue weighted by Gasteiger charge is 2.30. The molecule has 2 amide bonds. The van der Waals surface area contributed by atoms with Gasteiger partial charge >= 0.3 is 0 Å². The van der Waals surface area contributed by atoms with E-state index in [0.717, 1.165) is 0 Å². The number of amides is 2. The molecule has 1 fully saturated rings. The molecule has 3 atom stereocenters. The van der Waals surface area contributed by atoms with Crippen LogP contribution < -0.4 is 5.32 Å². The number of rotatable bonds is 5. The minimum absolute atomic E-state index is 0.00406. The van der Waals surface area contributed by atoms with Crippen molar-refractivity contribution in [3.05, 3.63) is 42.2 Å². The zero-order valence-corrected chi connectivity index (χ0v) is 14.4. The minimum Gasteiger partial charge on any atom is -0.394 e. The van der Waals surface area contributed by atoms with Gasteiger partial charge in [-0.05, 0) is 12.1 Å². The number of morpholine rings is 1. The number of hydrogen-bond acceptors (Lipinski definition) is 6. The maximum atomic E-state index is 12.3. The van der Waals surface area contributed by atoms with Crippen LogP contribution in [0.4, 0.5) is 0 Å². The number of ether oxygens (including phenoxy) is 2. The van der Waals surface area contributed by atoms with Gasteiger partial charge in [0.2, 0.25) is 5.91 Å². The van der Waals surface area contributed by atoms with Gasteiger partial charge in [0.25, 0.3) is 5.91 Å². The Balaban J connectivity index is 1.57. The monoisotopic (exact) mass is 361 g/mol. The number of aliphatic hydroxyl groups is 1. The molecule has 3 rings (SSSR count). The Morgan fingerprint density at radius 1 is 1.27 bits per heavy atom. The fourth-order valence-corrected chi connectivity index (χ4v) is 2.97. The van der Waals surface area contributed by atoms with Crippen molar-refractivity contribution >= 4 is 11.8 Å². The normalized spacial score (nSPS) is 25.7. The number of carbonyl (C=O) groups is 2. The van der Waals surface area contributed by atoms with Gasteiger partial charge in [-0.15, -0.1) is 0 Å². The molecule has 0 unspecified atom stereocenters. The second-order valence-electron chi connectivity index (χ2n) is 6.19. The molecule has 0 bridgehead atoms. The minimum atomic E-state index is -0.616. The van der Waals surface area contributed by atoms with Gasteiger partial charge in [-0.1, -0.05) is 18.2 Å². The lowest BCUT2D eigenvalue weighted by atomic mass is 10.0.